The largest absolute Gasteiger partial charge is 0.466 e. The molecule has 0 fully saturated rings. The lowest BCUT2D eigenvalue weighted by Crippen LogP contribution is -2.45. The quantitative estimate of drug-likeness (QED) is 0.0320. The first kappa shape index (κ1) is 97.1. The van der Waals surface area contributed by atoms with E-state index in [1.54, 1.807) is 6.08 Å². The Morgan fingerprint density at radius 1 is 0.283 bits per heavy atom. The summed E-state index contributed by atoms with van der Waals surface area (Å²) in [6.07, 6.45) is 118. The van der Waals surface area contributed by atoms with Crippen molar-refractivity contribution in [3.63, 3.8) is 0 Å². The number of amides is 1. The number of esters is 1. The number of carbonyl (C=O) groups excluding carboxylic acids is 2. The Hall–Kier alpha value is -1.92. The van der Waals surface area contributed by atoms with Gasteiger partial charge in [-0.15, -0.1) is 0 Å². The van der Waals surface area contributed by atoms with Gasteiger partial charge < -0.3 is 20.3 Å². The van der Waals surface area contributed by atoms with Gasteiger partial charge in [0.15, 0.2) is 0 Å². The van der Waals surface area contributed by atoms with Gasteiger partial charge in [-0.1, -0.05) is 480 Å². The Balaban J connectivity index is 3.36. The molecule has 0 saturated heterocycles. The molecule has 0 aliphatic carbocycles. The van der Waals surface area contributed by atoms with Crippen LogP contribution in [0.4, 0.5) is 0 Å². The fourth-order valence-electron chi connectivity index (χ4n) is 14.7. The van der Waals surface area contributed by atoms with Gasteiger partial charge in [-0.05, 0) is 64.2 Å². The van der Waals surface area contributed by atoms with Gasteiger partial charge in [0.1, 0.15) is 0 Å². The van der Waals surface area contributed by atoms with Crippen molar-refractivity contribution in [1.29, 1.82) is 0 Å². The summed E-state index contributed by atoms with van der Waals surface area (Å²) >= 11 is 0. The highest BCUT2D eigenvalue weighted by Gasteiger charge is 2.18. The van der Waals surface area contributed by atoms with Crippen LogP contribution in [-0.2, 0) is 14.3 Å². The van der Waals surface area contributed by atoms with Gasteiger partial charge in [0, 0.05) is 12.8 Å². The fraction of sp³-hybridized carbons (Fsp3) is 0.914. The van der Waals surface area contributed by atoms with Crippen molar-refractivity contribution < 1.29 is 24.5 Å². The molecule has 6 nitrogen and oxygen atoms in total. The summed E-state index contributed by atoms with van der Waals surface area (Å²) in [7, 11) is 0. The molecule has 0 saturated carbocycles. The first-order chi connectivity index (χ1) is 49.0. The highest BCUT2D eigenvalue weighted by Crippen LogP contribution is 2.21. The summed E-state index contributed by atoms with van der Waals surface area (Å²) in [5.41, 5.74) is 0. The monoisotopic (exact) mass is 1390 g/mol. The zero-order valence-electron chi connectivity index (χ0n) is 67.5. The number of carbonyl (C=O) groups is 2. The molecule has 0 spiro atoms. The molecule has 2 atom stereocenters. The van der Waals surface area contributed by atoms with Gasteiger partial charge in [-0.2, -0.15) is 0 Å². The number of ether oxygens (including phenoxy) is 1. The molecule has 0 aromatic carbocycles. The van der Waals surface area contributed by atoms with Crippen LogP contribution in [0.1, 0.15) is 521 Å². The summed E-state index contributed by atoms with van der Waals surface area (Å²) in [6, 6.07) is -0.627. The number of hydrogen-bond donors (Lipinski definition) is 3. The average Bonchev–Trinajstić information content (AvgIpc) is 2.39. The highest BCUT2D eigenvalue weighted by atomic mass is 16.5. The summed E-state index contributed by atoms with van der Waals surface area (Å²) < 4.78 is 5.53. The summed E-state index contributed by atoms with van der Waals surface area (Å²) in [4.78, 5) is 24.7. The van der Waals surface area contributed by atoms with E-state index in [0.717, 1.165) is 44.9 Å². The van der Waals surface area contributed by atoms with Gasteiger partial charge in [0.2, 0.25) is 5.91 Å². The van der Waals surface area contributed by atoms with Crippen molar-refractivity contribution in [1.82, 2.24) is 5.32 Å². The minimum absolute atomic E-state index is 0.0261. The van der Waals surface area contributed by atoms with E-state index in [4.69, 9.17) is 4.74 Å². The second kappa shape index (κ2) is 88.5. The number of allylic oxidation sites excluding steroid dienone is 5. The van der Waals surface area contributed by atoms with Gasteiger partial charge in [-0.3, -0.25) is 9.59 Å². The lowest BCUT2D eigenvalue weighted by molar-refractivity contribution is -0.143. The average molecular weight is 1390 g/mol. The molecule has 0 bridgehead atoms. The van der Waals surface area contributed by atoms with E-state index in [-0.39, 0.29) is 18.5 Å². The normalized spacial score (nSPS) is 12.6. The molecule has 0 radical (unpaired) electrons. The number of nitrogens with one attached hydrogen (secondary N) is 1. The third-order valence-corrected chi connectivity index (χ3v) is 21.7. The fourth-order valence-corrected chi connectivity index (χ4v) is 14.7. The topological polar surface area (TPSA) is 95.9 Å². The zero-order chi connectivity index (χ0) is 71.2. The van der Waals surface area contributed by atoms with E-state index in [1.165, 1.54) is 449 Å². The molecule has 2 unspecified atom stereocenters. The first-order valence-corrected chi connectivity index (χ1v) is 45.8. The van der Waals surface area contributed by atoms with E-state index in [9.17, 15) is 19.8 Å². The van der Waals surface area contributed by atoms with Gasteiger partial charge >= 0.3 is 5.97 Å². The number of hydrogen-bond acceptors (Lipinski definition) is 5. The second-order valence-corrected chi connectivity index (χ2v) is 31.6. The molecular weight excluding hydrogens is 1210 g/mol. The minimum atomic E-state index is -0.844. The lowest BCUT2D eigenvalue weighted by atomic mass is 10.0. The van der Waals surface area contributed by atoms with Crippen molar-refractivity contribution in [3.8, 4) is 0 Å². The molecule has 0 heterocycles. The van der Waals surface area contributed by atoms with Crippen LogP contribution in [-0.4, -0.2) is 47.4 Å². The van der Waals surface area contributed by atoms with Gasteiger partial charge in [0.25, 0.3) is 0 Å². The van der Waals surface area contributed by atoms with E-state index >= 15 is 0 Å². The molecule has 0 rings (SSSR count). The van der Waals surface area contributed by atoms with E-state index in [2.05, 4.69) is 43.5 Å². The Kier molecular flexibility index (Phi) is 86.8. The molecule has 0 aliphatic rings. The molecule has 0 aromatic heterocycles. The Labute approximate surface area is 621 Å². The van der Waals surface area contributed by atoms with E-state index in [1.807, 2.05) is 6.08 Å². The summed E-state index contributed by atoms with van der Waals surface area (Å²) in [5.74, 6) is -0.0331. The van der Waals surface area contributed by atoms with Crippen molar-refractivity contribution in [2.75, 3.05) is 13.2 Å². The van der Waals surface area contributed by atoms with E-state index < -0.39 is 12.1 Å². The van der Waals surface area contributed by atoms with Crippen LogP contribution in [0.25, 0.3) is 0 Å². The predicted octanol–water partition coefficient (Wildman–Crippen LogP) is 30.9. The van der Waals surface area contributed by atoms with Crippen LogP contribution >= 0.6 is 0 Å². The maximum atomic E-state index is 12.6. The highest BCUT2D eigenvalue weighted by molar-refractivity contribution is 5.76. The van der Waals surface area contributed by atoms with Crippen LogP contribution in [0.3, 0.4) is 0 Å². The van der Waals surface area contributed by atoms with Crippen molar-refractivity contribution in [2.24, 2.45) is 0 Å². The van der Waals surface area contributed by atoms with Crippen LogP contribution in [0.15, 0.2) is 36.5 Å². The number of aliphatic hydroxyl groups excluding tert-OH is 2. The predicted molar refractivity (Wildman–Crippen MR) is 439 cm³/mol. The SMILES string of the molecule is CCCCCCCCCCCCCCCCCCCCCCCC/C=C/C(O)C(CO)NC(=O)CCCCCCCCCCCCCCCCCCC/C=C\C/C=C\CCCCCCCCCCCCCCCCCOC(=O)CCCCCCCCCCCCCCCCCCCCC. The Morgan fingerprint density at radius 2 is 0.505 bits per heavy atom. The molecule has 3 N–H and O–H groups in total. The van der Waals surface area contributed by atoms with E-state index in [0.29, 0.717) is 19.4 Å². The van der Waals surface area contributed by atoms with Crippen LogP contribution < -0.4 is 5.32 Å². The molecule has 6 heteroatoms. The van der Waals surface area contributed by atoms with Crippen molar-refractivity contribution >= 4 is 11.9 Å². The summed E-state index contributed by atoms with van der Waals surface area (Å²) in [5, 5.41) is 23.3. The number of rotatable bonds is 87. The maximum Gasteiger partial charge on any atom is 0.305 e. The molecule has 0 aromatic rings. The molecule has 99 heavy (non-hydrogen) atoms. The summed E-state index contributed by atoms with van der Waals surface area (Å²) in [6.45, 7) is 4.98. The molecule has 1 amide bonds. The van der Waals surface area contributed by atoms with Crippen molar-refractivity contribution in [3.05, 3.63) is 36.5 Å². The molecular formula is C93H179NO5. The third kappa shape index (κ3) is 84.9. The third-order valence-electron chi connectivity index (χ3n) is 21.7. The lowest BCUT2D eigenvalue weighted by Gasteiger charge is -2.20. The van der Waals surface area contributed by atoms with Crippen LogP contribution in [0.5, 0.6) is 0 Å². The number of unbranched alkanes of at least 4 members (excludes halogenated alkanes) is 72. The Bertz CT molecular complexity index is 1610. The van der Waals surface area contributed by atoms with Crippen LogP contribution in [0, 0.1) is 0 Å². The second-order valence-electron chi connectivity index (χ2n) is 31.6. The van der Waals surface area contributed by atoms with Gasteiger partial charge in [-0.25, -0.2) is 0 Å². The first-order valence-electron chi connectivity index (χ1n) is 45.8. The zero-order valence-corrected chi connectivity index (χ0v) is 67.5. The van der Waals surface area contributed by atoms with Crippen LogP contribution in [0.2, 0.25) is 0 Å². The number of aliphatic hydroxyl groups is 2. The smallest absolute Gasteiger partial charge is 0.305 e. The molecule has 0 aliphatic heterocycles. The standard InChI is InChI=1S/C93H179NO5/c1-3-5-7-9-11-13-15-17-19-21-23-24-25-43-46-50-53-57-61-65-69-73-77-81-85-91(96)90(89-95)94-92(97)86-82-78-74-70-66-62-58-54-51-47-44-41-39-37-35-33-31-29-27-26-28-30-32-34-36-38-40-42-45-48-52-56-60-64-68-72-76-80-84-88-99-93(98)87-83-79-75-71-67-63-59-55-49-22-20-18-16-14-12-10-8-6-4-2/h26-27,30,32,81,85,90-91,95-96H,3-25,28-29,31,33-80,82-84,86-89H2,1-2H3,(H,94,97)/b27-26-,32-30-,85-81+. The van der Waals surface area contributed by atoms with Crippen molar-refractivity contribution in [2.45, 2.75) is 533 Å². The minimum Gasteiger partial charge on any atom is -0.466 e. The Morgan fingerprint density at radius 3 is 0.768 bits per heavy atom. The molecule has 586 valence electrons. The maximum absolute atomic E-state index is 12.6. The van der Waals surface area contributed by atoms with Gasteiger partial charge in [0.05, 0.1) is 25.4 Å².